The molecule has 86 valence electrons. The molecule has 2 N–H and O–H groups in total. The molecule has 0 aliphatic carbocycles. The SMILES string of the molecule is O=C1CCC(C(=O)NOCC(F)(F)F)N1. The summed E-state index contributed by atoms with van der Waals surface area (Å²) in [4.78, 5) is 25.7. The maximum absolute atomic E-state index is 11.6. The molecule has 1 heterocycles. The van der Waals surface area contributed by atoms with Gasteiger partial charge in [-0.2, -0.15) is 13.2 Å². The van der Waals surface area contributed by atoms with Gasteiger partial charge < -0.3 is 5.32 Å². The summed E-state index contributed by atoms with van der Waals surface area (Å²) in [5, 5.41) is 2.29. The van der Waals surface area contributed by atoms with Crippen molar-refractivity contribution < 1.29 is 27.6 Å². The van der Waals surface area contributed by atoms with Crippen LogP contribution in [0.2, 0.25) is 0 Å². The van der Waals surface area contributed by atoms with E-state index >= 15 is 0 Å². The largest absolute Gasteiger partial charge is 0.414 e. The van der Waals surface area contributed by atoms with Gasteiger partial charge in [-0.05, 0) is 6.42 Å². The highest BCUT2D eigenvalue weighted by Gasteiger charge is 2.30. The maximum atomic E-state index is 11.6. The lowest BCUT2D eigenvalue weighted by atomic mass is 10.2. The molecule has 1 fully saturated rings. The summed E-state index contributed by atoms with van der Waals surface area (Å²) < 4.78 is 34.8. The Morgan fingerprint density at radius 3 is 2.73 bits per heavy atom. The lowest BCUT2D eigenvalue weighted by Gasteiger charge is -2.11. The fourth-order valence-electron chi connectivity index (χ4n) is 1.07. The van der Waals surface area contributed by atoms with Crippen LogP contribution in [0.25, 0.3) is 0 Å². The van der Waals surface area contributed by atoms with Crippen LogP contribution in [-0.4, -0.2) is 30.6 Å². The fraction of sp³-hybridized carbons (Fsp3) is 0.714. The summed E-state index contributed by atoms with van der Waals surface area (Å²) >= 11 is 0. The molecule has 0 saturated carbocycles. The first-order valence-corrected chi connectivity index (χ1v) is 4.16. The predicted octanol–water partition coefficient (Wildman–Crippen LogP) is -0.125. The van der Waals surface area contributed by atoms with Crippen LogP contribution in [0.4, 0.5) is 13.2 Å². The summed E-state index contributed by atoms with van der Waals surface area (Å²) in [7, 11) is 0. The highest BCUT2D eigenvalue weighted by atomic mass is 19.4. The Labute approximate surface area is 82.9 Å². The normalized spacial score (nSPS) is 21.3. The standard InChI is InChI=1S/C7H9F3N2O3/c8-7(9,10)3-15-12-6(14)4-1-2-5(13)11-4/h4H,1-3H2,(H,11,13)(H,12,14). The molecular weight excluding hydrogens is 217 g/mol. The average Bonchev–Trinajstić information content (AvgIpc) is 2.49. The first-order valence-electron chi connectivity index (χ1n) is 4.16. The van der Waals surface area contributed by atoms with E-state index in [2.05, 4.69) is 10.2 Å². The number of hydroxylamine groups is 1. The van der Waals surface area contributed by atoms with Crippen LogP contribution in [0.5, 0.6) is 0 Å². The van der Waals surface area contributed by atoms with E-state index in [1.54, 1.807) is 5.48 Å². The van der Waals surface area contributed by atoms with E-state index in [9.17, 15) is 22.8 Å². The summed E-state index contributed by atoms with van der Waals surface area (Å²) in [6.07, 6.45) is -4.04. The van der Waals surface area contributed by atoms with Crippen molar-refractivity contribution in [3.05, 3.63) is 0 Å². The molecule has 0 aromatic heterocycles. The van der Waals surface area contributed by atoms with Gasteiger partial charge in [0.1, 0.15) is 6.04 Å². The van der Waals surface area contributed by atoms with E-state index in [1.807, 2.05) is 0 Å². The average molecular weight is 226 g/mol. The number of nitrogens with one attached hydrogen (secondary N) is 2. The third kappa shape index (κ3) is 4.15. The van der Waals surface area contributed by atoms with Crippen LogP contribution in [0.1, 0.15) is 12.8 Å². The van der Waals surface area contributed by atoms with E-state index < -0.39 is 24.7 Å². The zero-order valence-corrected chi connectivity index (χ0v) is 7.56. The second-order valence-corrected chi connectivity index (χ2v) is 3.03. The zero-order valence-electron chi connectivity index (χ0n) is 7.56. The first kappa shape index (κ1) is 11.8. The third-order valence-corrected chi connectivity index (χ3v) is 1.72. The third-order valence-electron chi connectivity index (χ3n) is 1.72. The summed E-state index contributed by atoms with van der Waals surface area (Å²) in [5.74, 6) is -1.07. The monoisotopic (exact) mass is 226 g/mol. The lowest BCUT2D eigenvalue weighted by Crippen LogP contribution is -2.42. The number of amides is 2. The zero-order chi connectivity index (χ0) is 11.5. The van der Waals surface area contributed by atoms with Crippen LogP contribution in [0.3, 0.4) is 0 Å². The summed E-state index contributed by atoms with van der Waals surface area (Å²) in [6, 6.07) is -0.800. The van der Waals surface area contributed by atoms with E-state index in [1.165, 1.54) is 0 Å². The topological polar surface area (TPSA) is 67.4 Å². The van der Waals surface area contributed by atoms with Crippen LogP contribution < -0.4 is 10.8 Å². The molecule has 15 heavy (non-hydrogen) atoms. The number of halogens is 3. The molecule has 8 heteroatoms. The second kappa shape index (κ2) is 4.47. The van der Waals surface area contributed by atoms with E-state index in [0.29, 0.717) is 0 Å². The molecule has 1 aliphatic heterocycles. The minimum Gasteiger partial charge on any atom is -0.344 e. The number of alkyl halides is 3. The van der Waals surface area contributed by atoms with Crippen LogP contribution in [0.15, 0.2) is 0 Å². The number of carbonyl (C=O) groups excluding carboxylic acids is 2. The minimum atomic E-state index is -4.49. The molecule has 0 aromatic rings. The minimum absolute atomic E-state index is 0.192. The predicted molar refractivity (Wildman–Crippen MR) is 41.3 cm³/mol. The second-order valence-electron chi connectivity index (χ2n) is 3.03. The number of hydrogen-bond donors (Lipinski definition) is 2. The van der Waals surface area contributed by atoms with Crippen molar-refractivity contribution in [2.75, 3.05) is 6.61 Å². The van der Waals surface area contributed by atoms with Crippen molar-refractivity contribution in [1.82, 2.24) is 10.8 Å². The van der Waals surface area contributed by atoms with Gasteiger partial charge in [0.2, 0.25) is 5.91 Å². The maximum Gasteiger partial charge on any atom is 0.414 e. The van der Waals surface area contributed by atoms with Gasteiger partial charge in [0.25, 0.3) is 5.91 Å². The van der Waals surface area contributed by atoms with Gasteiger partial charge in [-0.25, -0.2) is 5.48 Å². The van der Waals surface area contributed by atoms with Gasteiger partial charge >= 0.3 is 6.18 Å². The van der Waals surface area contributed by atoms with Gasteiger partial charge in [0.15, 0.2) is 6.61 Å². The highest BCUT2D eigenvalue weighted by Crippen LogP contribution is 2.13. The van der Waals surface area contributed by atoms with Crippen LogP contribution >= 0.6 is 0 Å². The Hall–Kier alpha value is -1.31. The number of carbonyl (C=O) groups is 2. The van der Waals surface area contributed by atoms with Crippen LogP contribution in [0, 0.1) is 0 Å². The van der Waals surface area contributed by atoms with Gasteiger partial charge in [-0.3, -0.25) is 14.4 Å². The number of rotatable bonds is 3. The molecule has 1 rings (SSSR count). The highest BCUT2D eigenvalue weighted by molar-refractivity contribution is 5.90. The Bertz CT molecular complexity index is 267. The van der Waals surface area contributed by atoms with Crippen molar-refractivity contribution >= 4 is 11.8 Å². The Morgan fingerprint density at radius 1 is 1.60 bits per heavy atom. The molecule has 5 nitrogen and oxygen atoms in total. The molecule has 1 saturated heterocycles. The molecule has 0 bridgehead atoms. The van der Waals surface area contributed by atoms with Crippen molar-refractivity contribution in [2.24, 2.45) is 0 Å². The molecule has 1 atom stereocenters. The van der Waals surface area contributed by atoms with Gasteiger partial charge in [0, 0.05) is 6.42 Å². The smallest absolute Gasteiger partial charge is 0.344 e. The quantitative estimate of drug-likeness (QED) is 0.659. The van der Waals surface area contributed by atoms with Crippen LogP contribution in [-0.2, 0) is 14.4 Å². The molecule has 0 radical (unpaired) electrons. The Kier molecular flexibility index (Phi) is 3.51. The van der Waals surface area contributed by atoms with Crippen molar-refractivity contribution in [3.63, 3.8) is 0 Å². The fourth-order valence-corrected chi connectivity index (χ4v) is 1.07. The van der Waals surface area contributed by atoms with Crippen molar-refractivity contribution in [1.29, 1.82) is 0 Å². The van der Waals surface area contributed by atoms with Gasteiger partial charge in [-0.1, -0.05) is 0 Å². The summed E-state index contributed by atoms with van der Waals surface area (Å²) in [5.41, 5.74) is 1.63. The molecule has 0 aromatic carbocycles. The molecule has 0 spiro atoms. The van der Waals surface area contributed by atoms with Crippen molar-refractivity contribution in [2.45, 2.75) is 25.1 Å². The molecule has 1 unspecified atom stereocenters. The van der Waals surface area contributed by atoms with E-state index in [4.69, 9.17) is 0 Å². The lowest BCUT2D eigenvalue weighted by molar-refractivity contribution is -0.192. The first-order chi connectivity index (χ1) is 6.88. The van der Waals surface area contributed by atoms with E-state index in [0.717, 1.165) is 0 Å². The number of hydrogen-bond acceptors (Lipinski definition) is 3. The summed E-state index contributed by atoms with van der Waals surface area (Å²) in [6.45, 7) is -1.56. The Morgan fingerprint density at radius 2 is 2.27 bits per heavy atom. The van der Waals surface area contributed by atoms with Gasteiger partial charge in [0.05, 0.1) is 0 Å². The molecule has 2 amide bonds. The van der Waals surface area contributed by atoms with Gasteiger partial charge in [-0.15, -0.1) is 0 Å². The Balaban J connectivity index is 2.22. The van der Waals surface area contributed by atoms with Crippen molar-refractivity contribution in [3.8, 4) is 0 Å². The molecule has 1 aliphatic rings. The van der Waals surface area contributed by atoms with E-state index in [-0.39, 0.29) is 18.7 Å². The molecular formula is C7H9F3N2O3.